The summed E-state index contributed by atoms with van der Waals surface area (Å²) in [7, 11) is -3.75. The third-order valence-corrected chi connectivity index (χ3v) is 8.11. The number of benzene rings is 3. The maximum atomic E-state index is 13.0. The molecule has 1 aliphatic carbocycles. The highest BCUT2D eigenvalue weighted by atomic mass is 79.9. The van der Waals surface area contributed by atoms with Crippen molar-refractivity contribution in [3.8, 4) is 0 Å². The van der Waals surface area contributed by atoms with E-state index < -0.39 is 14.9 Å². The number of sulfonamides is 1. The third kappa shape index (κ3) is 4.14. The summed E-state index contributed by atoms with van der Waals surface area (Å²) in [4.78, 5) is 10.8. The third-order valence-electron chi connectivity index (χ3n) is 6.20. The Labute approximate surface area is 199 Å². The highest BCUT2D eigenvalue weighted by Gasteiger charge is 2.38. The van der Waals surface area contributed by atoms with E-state index in [0.717, 1.165) is 27.7 Å². The zero-order chi connectivity index (χ0) is 23.2. The van der Waals surface area contributed by atoms with E-state index in [1.807, 2.05) is 0 Å². The molecule has 9 heteroatoms. The average Bonchev–Trinajstić information content (AvgIpc) is 3.30. The molecular formula is C24H20BrN3O4S. The zero-order valence-electron chi connectivity index (χ0n) is 17.3. The zero-order valence-corrected chi connectivity index (χ0v) is 19.7. The van der Waals surface area contributed by atoms with Crippen LogP contribution in [-0.2, 0) is 10.0 Å². The van der Waals surface area contributed by atoms with E-state index in [9.17, 15) is 18.5 Å². The average molecular weight is 526 g/mol. The Morgan fingerprint density at radius 2 is 1.76 bits per heavy atom. The molecule has 7 nitrogen and oxygen atoms in total. The van der Waals surface area contributed by atoms with Gasteiger partial charge in [-0.25, -0.2) is 8.42 Å². The lowest BCUT2D eigenvalue weighted by molar-refractivity contribution is -0.384. The SMILES string of the molecule is O=[N+]([O-])c1ccc([C@H]2Nc3ccc(S(=O)(=O)Nc4ccc(Br)cc4)cc3[C@H]3C=CC[C@H]32)cc1. The minimum Gasteiger partial charge on any atom is -0.378 e. The van der Waals surface area contributed by atoms with Crippen LogP contribution >= 0.6 is 15.9 Å². The molecule has 1 heterocycles. The van der Waals surface area contributed by atoms with Crippen LogP contribution in [-0.4, -0.2) is 13.3 Å². The van der Waals surface area contributed by atoms with Gasteiger partial charge in [0.25, 0.3) is 15.7 Å². The summed E-state index contributed by atoms with van der Waals surface area (Å²) in [6, 6.07) is 18.7. The normalized spacial score (nSPS) is 21.1. The summed E-state index contributed by atoms with van der Waals surface area (Å²) in [5, 5.41) is 14.5. The molecule has 0 unspecified atom stereocenters. The molecule has 0 radical (unpaired) electrons. The van der Waals surface area contributed by atoms with Crippen molar-refractivity contribution in [2.24, 2.45) is 5.92 Å². The molecule has 3 aromatic carbocycles. The van der Waals surface area contributed by atoms with Gasteiger partial charge >= 0.3 is 0 Å². The van der Waals surface area contributed by atoms with Crippen molar-refractivity contribution >= 4 is 43.0 Å². The number of rotatable bonds is 5. The summed E-state index contributed by atoms with van der Waals surface area (Å²) < 4.78 is 29.5. The maximum Gasteiger partial charge on any atom is 0.269 e. The van der Waals surface area contributed by atoms with Gasteiger partial charge in [0.2, 0.25) is 0 Å². The Morgan fingerprint density at radius 3 is 2.45 bits per heavy atom. The summed E-state index contributed by atoms with van der Waals surface area (Å²) >= 11 is 3.35. The van der Waals surface area contributed by atoms with E-state index in [-0.39, 0.29) is 28.5 Å². The second-order valence-corrected chi connectivity index (χ2v) is 10.8. The summed E-state index contributed by atoms with van der Waals surface area (Å²) in [5.74, 6) is 0.251. The molecule has 3 aromatic rings. The second-order valence-electron chi connectivity index (χ2n) is 8.19. The molecule has 0 amide bonds. The first-order valence-electron chi connectivity index (χ1n) is 10.4. The van der Waals surface area contributed by atoms with E-state index in [2.05, 4.69) is 38.1 Å². The fourth-order valence-corrected chi connectivity index (χ4v) is 5.96. The molecule has 0 aromatic heterocycles. The highest BCUT2D eigenvalue weighted by molar-refractivity contribution is 9.10. The minimum atomic E-state index is -3.75. The van der Waals surface area contributed by atoms with Crippen LogP contribution in [0.2, 0.25) is 0 Å². The first-order chi connectivity index (χ1) is 15.8. The number of nitro benzene ring substituents is 1. The lowest BCUT2D eigenvalue weighted by Gasteiger charge is -2.37. The number of hydrogen-bond donors (Lipinski definition) is 2. The molecule has 1 aliphatic heterocycles. The molecule has 0 fully saturated rings. The van der Waals surface area contributed by atoms with Crippen LogP contribution in [0.1, 0.15) is 29.5 Å². The van der Waals surface area contributed by atoms with Crippen molar-refractivity contribution in [2.75, 3.05) is 10.0 Å². The van der Waals surface area contributed by atoms with Crippen molar-refractivity contribution in [1.82, 2.24) is 0 Å². The molecule has 0 saturated heterocycles. The Hall–Kier alpha value is -3.17. The molecule has 3 atom stereocenters. The first kappa shape index (κ1) is 21.7. The number of hydrogen-bond acceptors (Lipinski definition) is 5. The molecule has 33 heavy (non-hydrogen) atoms. The smallest absolute Gasteiger partial charge is 0.269 e. The Kier molecular flexibility index (Phi) is 5.46. The monoisotopic (exact) mass is 525 g/mol. The minimum absolute atomic E-state index is 0.0262. The lowest BCUT2D eigenvalue weighted by atomic mass is 9.77. The fourth-order valence-electron chi connectivity index (χ4n) is 4.61. The molecule has 0 bridgehead atoms. The number of nitrogens with zero attached hydrogens (tertiary/aromatic N) is 1. The summed E-state index contributed by atoms with van der Waals surface area (Å²) in [5.41, 5.74) is 3.33. The fraction of sp³-hybridized carbons (Fsp3) is 0.167. The van der Waals surface area contributed by atoms with Gasteiger partial charge in [-0.3, -0.25) is 14.8 Å². The van der Waals surface area contributed by atoms with Crippen LogP contribution < -0.4 is 10.0 Å². The Morgan fingerprint density at radius 1 is 1.03 bits per heavy atom. The van der Waals surface area contributed by atoms with Crippen LogP contribution in [0.5, 0.6) is 0 Å². The number of allylic oxidation sites excluding steroid dienone is 2. The maximum absolute atomic E-state index is 13.0. The van der Waals surface area contributed by atoms with Crippen molar-refractivity contribution in [1.29, 1.82) is 0 Å². The van der Waals surface area contributed by atoms with Crippen LogP contribution in [0.25, 0.3) is 0 Å². The van der Waals surface area contributed by atoms with E-state index in [4.69, 9.17) is 0 Å². The molecule has 2 aliphatic rings. The van der Waals surface area contributed by atoms with Crippen molar-refractivity contribution in [3.63, 3.8) is 0 Å². The molecule has 5 rings (SSSR count). The standard InChI is InChI=1S/C24H20BrN3O4S/c25-16-6-8-17(9-7-16)27-33(31,32)19-12-13-23-22(14-19)20-2-1-3-21(20)24(26-23)15-4-10-18(11-5-15)28(29)30/h1-2,4-14,20-21,24,26-27H,3H2/t20-,21+,24+/m0/s1. The topological polar surface area (TPSA) is 101 Å². The van der Waals surface area contributed by atoms with Crippen LogP contribution in [0.4, 0.5) is 17.1 Å². The largest absolute Gasteiger partial charge is 0.378 e. The van der Waals surface area contributed by atoms with Crippen LogP contribution in [0, 0.1) is 16.0 Å². The van der Waals surface area contributed by atoms with E-state index >= 15 is 0 Å². The molecular weight excluding hydrogens is 506 g/mol. The highest BCUT2D eigenvalue weighted by Crippen LogP contribution is 2.50. The van der Waals surface area contributed by atoms with Gasteiger partial charge in [0.05, 0.1) is 15.9 Å². The first-order valence-corrected chi connectivity index (χ1v) is 12.7. The van der Waals surface area contributed by atoms with Gasteiger partial charge in [-0.2, -0.15) is 0 Å². The predicted octanol–water partition coefficient (Wildman–Crippen LogP) is 5.98. The molecule has 0 spiro atoms. The number of fused-ring (bicyclic) bond motifs is 3. The quantitative estimate of drug-likeness (QED) is 0.242. The predicted molar refractivity (Wildman–Crippen MR) is 131 cm³/mol. The van der Waals surface area contributed by atoms with E-state index in [1.165, 1.54) is 12.1 Å². The van der Waals surface area contributed by atoms with Crippen molar-refractivity contribution in [3.05, 3.63) is 105 Å². The van der Waals surface area contributed by atoms with Gasteiger partial charge in [-0.1, -0.05) is 40.2 Å². The number of halogens is 1. The van der Waals surface area contributed by atoms with Gasteiger partial charge < -0.3 is 5.32 Å². The van der Waals surface area contributed by atoms with Gasteiger partial charge in [-0.05, 0) is 65.9 Å². The molecule has 2 N–H and O–H groups in total. The van der Waals surface area contributed by atoms with E-state index in [0.29, 0.717) is 5.69 Å². The van der Waals surface area contributed by atoms with Crippen molar-refractivity contribution < 1.29 is 13.3 Å². The number of nitro groups is 1. The van der Waals surface area contributed by atoms with Crippen LogP contribution in [0.15, 0.2) is 88.3 Å². The van der Waals surface area contributed by atoms with Gasteiger partial charge in [0.15, 0.2) is 0 Å². The van der Waals surface area contributed by atoms with Gasteiger partial charge in [0.1, 0.15) is 0 Å². The Balaban J connectivity index is 1.46. The summed E-state index contributed by atoms with van der Waals surface area (Å²) in [6.45, 7) is 0. The van der Waals surface area contributed by atoms with Gasteiger partial charge in [0, 0.05) is 33.9 Å². The number of non-ortho nitro benzene ring substituents is 1. The lowest BCUT2D eigenvalue weighted by Crippen LogP contribution is -2.29. The van der Waals surface area contributed by atoms with E-state index in [1.54, 1.807) is 54.6 Å². The van der Waals surface area contributed by atoms with Gasteiger partial charge in [-0.15, -0.1) is 0 Å². The Bertz CT molecular complexity index is 1360. The van der Waals surface area contributed by atoms with Crippen LogP contribution in [0.3, 0.4) is 0 Å². The van der Waals surface area contributed by atoms with Crippen molar-refractivity contribution in [2.45, 2.75) is 23.3 Å². The number of nitrogens with one attached hydrogen (secondary N) is 2. The summed E-state index contributed by atoms with van der Waals surface area (Å²) in [6.07, 6.45) is 5.08. The second kappa shape index (κ2) is 8.31. The molecule has 168 valence electrons. The number of anilines is 2. The molecule has 0 saturated carbocycles.